The summed E-state index contributed by atoms with van der Waals surface area (Å²) in [6, 6.07) is -0.655. The molecule has 3 unspecified atom stereocenters. The van der Waals surface area contributed by atoms with Crippen LogP contribution in [0.1, 0.15) is 309 Å². The molecule has 5 heteroatoms. The van der Waals surface area contributed by atoms with Crippen molar-refractivity contribution in [1.82, 2.24) is 5.32 Å². The van der Waals surface area contributed by atoms with Crippen molar-refractivity contribution in [3.05, 3.63) is 12.2 Å². The van der Waals surface area contributed by atoms with E-state index in [4.69, 9.17) is 0 Å². The zero-order valence-corrected chi connectivity index (χ0v) is 40.9. The lowest BCUT2D eigenvalue weighted by molar-refractivity contribution is -0.125. The number of carbonyl (C=O) groups is 1. The van der Waals surface area contributed by atoms with Gasteiger partial charge in [0, 0.05) is 0 Å². The Morgan fingerprint density at radius 2 is 0.667 bits per heavy atom. The highest BCUT2D eigenvalue weighted by Gasteiger charge is 2.21. The first kappa shape index (κ1) is 59.1. The van der Waals surface area contributed by atoms with E-state index in [1.54, 1.807) is 0 Å². The maximum atomic E-state index is 12.5. The van der Waals surface area contributed by atoms with E-state index in [0.29, 0.717) is 12.8 Å². The number of unbranched alkanes of at least 4 members (excludes halogenated alkanes) is 40. The molecule has 0 aliphatic rings. The molecule has 4 N–H and O–H groups in total. The number of nitrogens with one attached hydrogen (secondary N) is 1. The number of aliphatic hydroxyl groups is 3. The van der Waals surface area contributed by atoms with Gasteiger partial charge in [0.2, 0.25) is 5.91 Å². The second-order valence-electron chi connectivity index (χ2n) is 19.2. The molecule has 1 amide bonds. The largest absolute Gasteiger partial charge is 0.394 e. The number of hydrogen-bond donors (Lipinski definition) is 4. The molecule has 0 saturated carbocycles. The summed E-state index contributed by atoms with van der Waals surface area (Å²) in [5, 5.41) is 33.5. The second kappa shape index (κ2) is 50.7. The smallest absolute Gasteiger partial charge is 0.222 e. The number of amides is 1. The van der Waals surface area contributed by atoms with Crippen molar-refractivity contribution in [3.8, 4) is 0 Å². The van der Waals surface area contributed by atoms with E-state index >= 15 is 0 Å². The molecule has 0 aliphatic carbocycles. The standard InChI is InChI=1S/C55H109NO4/c1-3-5-7-9-11-13-15-17-19-20-21-22-23-24-25-26-27-28-29-30-31-32-33-34-35-36-38-40-42-44-46-48-52(58)50-55(60)56-53(51-57)54(59)49-47-45-43-41-39-37-18-16-14-12-10-8-6-4-2/h24-25,52-54,57-59H,3-23,26-51H2,1-2H3,(H,56,60)/b25-24-. The normalized spacial score (nSPS) is 13.3. The molecule has 0 heterocycles. The highest BCUT2D eigenvalue weighted by molar-refractivity contribution is 5.76. The first-order chi connectivity index (χ1) is 29.5. The summed E-state index contributed by atoms with van der Waals surface area (Å²) in [5.41, 5.74) is 0. The molecule has 60 heavy (non-hydrogen) atoms. The molecule has 0 aliphatic heterocycles. The Morgan fingerprint density at radius 3 is 0.967 bits per heavy atom. The Kier molecular flexibility index (Phi) is 50.0. The Balaban J connectivity index is 3.47. The summed E-state index contributed by atoms with van der Waals surface area (Å²) in [6.07, 6.45) is 62.3. The third kappa shape index (κ3) is 46.6. The first-order valence-corrected chi connectivity index (χ1v) is 27.5. The predicted molar refractivity (Wildman–Crippen MR) is 264 cm³/mol. The molecule has 358 valence electrons. The zero-order valence-electron chi connectivity index (χ0n) is 40.9. The van der Waals surface area contributed by atoms with E-state index in [-0.39, 0.29) is 18.9 Å². The second-order valence-corrected chi connectivity index (χ2v) is 19.2. The van der Waals surface area contributed by atoms with Gasteiger partial charge in [0.1, 0.15) is 0 Å². The van der Waals surface area contributed by atoms with Crippen LogP contribution in [0.3, 0.4) is 0 Å². The van der Waals surface area contributed by atoms with Gasteiger partial charge in [-0.1, -0.05) is 276 Å². The molecule has 0 fully saturated rings. The summed E-state index contributed by atoms with van der Waals surface area (Å²) in [4.78, 5) is 12.5. The van der Waals surface area contributed by atoms with Crippen molar-refractivity contribution in [2.75, 3.05) is 6.61 Å². The van der Waals surface area contributed by atoms with Crippen molar-refractivity contribution in [2.24, 2.45) is 0 Å². The minimum absolute atomic E-state index is 0.0409. The molecule has 0 rings (SSSR count). The van der Waals surface area contributed by atoms with Gasteiger partial charge in [-0.05, 0) is 38.5 Å². The van der Waals surface area contributed by atoms with Crippen LogP contribution in [0.25, 0.3) is 0 Å². The van der Waals surface area contributed by atoms with Crippen molar-refractivity contribution in [1.29, 1.82) is 0 Å². The SMILES string of the molecule is CCCCCCCCCCCCCC/C=C\CCCCCCCCCCCCCCCCCC(O)CC(=O)NC(CO)C(O)CCCCCCCCCCCCCCCC. The number of carbonyl (C=O) groups excluding carboxylic acids is 1. The summed E-state index contributed by atoms with van der Waals surface area (Å²) in [6.45, 7) is 4.29. The van der Waals surface area contributed by atoms with Gasteiger partial charge in [0.25, 0.3) is 0 Å². The van der Waals surface area contributed by atoms with Gasteiger partial charge in [-0.2, -0.15) is 0 Å². The van der Waals surface area contributed by atoms with Crippen LogP contribution in [0.2, 0.25) is 0 Å². The number of allylic oxidation sites excluding steroid dienone is 2. The highest BCUT2D eigenvalue weighted by atomic mass is 16.3. The van der Waals surface area contributed by atoms with E-state index < -0.39 is 18.2 Å². The summed E-state index contributed by atoms with van der Waals surface area (Å²) in [5.74, 6) is -0.278. The molecule has 0 spiro atoms. The summed E-state index contributed by atoms with van der Waals surface area (Å²) >= 11 is 0. The Bertz CT molecular complexity index is 848. The fraction of sp³-hybridized carbons (Fsp3) is 0.945. The lowest BCUT2D eigenvalue weighted by Gasteiger charge is -2.23. The minimum atomic E-state index is -0.746. The van der Waals surface area contributed by atoms with Crippen LogP contribution < -0.4 is 5.32 Å². The zero-order chi connectivity index (χ0) is 43.7. The predicted octanol–water partition coefficient (Wildman–Crippen LogP) is 16.7. The highest BCUT2D eigenvalue weighted by Crippen LogP contribution is 2.18. The van der Waals surface area contributed by atoms with Crippen LogP contribution in [0, 0.1) is 0 Å². The van der Waals surface area contributed by atoms with Gasteiger partial charge in [-0.25, -0.2) is 0 Å². The van der Waals surface area contributed by atoms with E-state index in [9.17, 15) is 20.1 Å². The topological polar surface area (TPSA) is 89.8 Å². The fourth-order valence-electron chi connectivity index (χ4n) is 8.87. The van der Waals surface area contributed by atoms with Gasteiger partial charge in [-0.15, -0.1) is 0 Å². The molecule has 0 aromatic rings. The van der Waals surface area contributed by atoms with Gasteiger partial charge >= 0.3 is 0 Å². The monoisotopic (exact) mass is 848 g/mol. The average Bonchev–Trinajstić information content (AvgIpc) is 3.24. The van der Waals surface area contributed by atoms with Crippen molar-refractivity contribution >= 4 is 5.91 Å². The number of aliphatic hydroxyl groups excluding tert-OH is 3. The summed E-state index contributed by atoms with van der Waals surface area (Å²) in [7, 11) is 0. The lowest BCUT2D eigenvalue weighted by Crippen LogP contribution is -2.46. The van der Waals surface area contributed by atoms with Crippen molar-refractivity contribution in [2.45, 2.75) is 327 Å². The van der Waals surface area contributed by atoms with Crippen LogP contribution in [-0.4, -0.2) is 46.1 Å². The van der Waals surface area contributed by atoms with Gasteiger partial charge in [0.15, 0.2) is 0 Å². The van der Waals surface area contributed by atoms with Crippen LogP contribution in [0.5, 0.6) is 0 Å². The number of hydrogen-bond acceptors (Lipinski definition) is 4. The van der Waals surface area contributed by atoms with Crippen LogP contribution in [0.15, 0.2) is 12.2 Å². The first-order valence-electron chi connectivity index (χ1n) is 27.5. The molecule has 5 nitrogen and oxygen atoms in total. The lowest BCUT2D eigenvalue weighted by atomic mass is 10.0. The van der Waals surface area contributed by atoms with Crippen LogP contribution in [-0.2, 0) is 4.79 Å². The number of rotatable bonds is 51. The quantitative estimate of drug-likeness (QED) is 0.0363. The Labute approximate surface area is 376 Å². The minimum Gasteiger partial charge on any atom is -0.394 e. The molecule has 0 aromatic heterocycles. The van der Waals surface area contributed by atoms with Crippen molar-refractivity contribution in [3.63, 3.8) is 0 Å². The molecule has 3 atom stereocenters. The van der Waals surface area contributed by atoms with Crippen molar-refractivity contribution < 1.29 is 20.1 Å². The van der Waals surface area contributed by atoms with Gasteiger partial charge in [0.05, 0.1) is 31.3 Å². The van der Waals surface area contributed by atoms with Gasteiger partial charge in [-0.3, -0.25) is 4.79 Å². The molecular weight excluding hydrogens is 739 g/mol. The van der Waals surface area contributed by atoms with E-state index in [2.05, 4.69) is 31.3 Å². The molecule has 0 aromatic carbocycles. The van der Waals surface area contributed by atoms with E-state index in [1.165, 1.54) is 250 Å². The Hall–Kier alpha value is -0.910. The van der Waals surface area contributed by atoms with Crippen LogP contribution >= 0.6 is 0 Å². The van der Waals surface area contributed by atoms with E-state index in [0.717, 1.165) is 25.7 Å². The van der Waals surface area contributed by atoms with Gasteiger partial charge < -0.3 is 20.6 Å². The molecule has 0 bridgehead atoms. The molecular formula is C55H109NO4. The summed E-state index contributed by atoms with van der Waals surface area (Å²) < 4.78 is 0. The third-order valence-electron chi connectivity index (χ3n) is 13.1. The molecule has 0 saturated heterocycles. The fourth-order valence-corrected chi connectivity index (χ4v) is 8.87. The maximum absolute atomic E-state index is 12.5. The van der Waals surface area contributed by atoms with Crippen LogP contribution in [0.4, 0.5) is 0 Å². The maximum Gasteiger partial charge on any atom is 0.222 e. The van der Waals surface area contributed by atoms with E-state index in [1.807, 2.05) is 0 Å². The average molecular weight is 848 g/mol. The Morgan fingerprint density at radius 1 is 0.400 bits per heavy atom. The third-order valence-corrected chi connectivity index (χ3v) is 13.1. The molecule has 0 radical (unpaired) electrons.